The van der Waals surface area contributed by atoms with Crippen LogP contribution in [0.15, 0.2) is 11.1 Å². The van der Waals surface area contributed by atoms with E-state index in [2.05, 4.69) is 15.3 Å². The molecule has 0 saturated heterocycles. The lowest BCUT2D eigenvalue weighted by molar-refractivity contribution is -0.142. The topological polar surface area (TPSA) is 93.3 Å². The number of rotatable bonds is 6. The number of hydrogen-bond acceptors (Lipinski definition) is 6. The van der Waals surface area contributed by atoms with E-state index in [1.807, 2.05) is 0 Å². The first kappa shape index (κ1) is 13.0. The van der Waals surface area contributed by atoms with Gasteiger partial charge in [0.2, 0.25) is 5.75 Å². The number of aromatic nitrogens is 2. The number of H-pyrrole nitrogens is 1. The first-order valence-corrected chi connectivity index (χ1v) is 5.20. The summed E-state index contributed by atoms with van der Waals surface area (Å²) in [6, 6.07) is 0. The zero-order chi connectivity index (χ0) is 12.7. The fraction of sp³-hybridized carbons (Fsp3) is 0.500. The number of ether oxygens (including phenoxy) is 2. The predicted molar refractivity (Wildman–Crippen MR) is 61.1 cm³/mol. The van der Waals surface area contributed by atoms with Crippen LogP contribution in [0.3, 0.4) is 0 Å². The SMILES string of the molecule is CCOC(=O)CCNc1nc[nH]c(=O)c1OC. The third kappa shape index (κ3) is 3.78. The second-order valence-corrected chi connectivity index (χ2v) is 3.10. The molecule has 0 amide bonds. The van der Waals surface area contributed by atoms with E-state index in [9.17, 15) is 9.59 Å². The Balaban J connectivity index is 2.55. The number of esters is 1. The Morgan fingerprint density at radius 2 is 2.35 bits per heavy atom. The molecule has 7 heteroatoms. The quantitative estimate of drug-likeness (QED) is 0.688. The Morgan fingerprint density at radius 1 is 1.59 bits per heavy atom. The molecular formula is C10H15N3O4. The molecule has 0 unspecified atom stereocenters. The molecule has 0 spiro atoms. The highest BCUT2D eigenvalue weighted by atomic mass is 16.5. The monoisotopic (exact) mass is 241 g/mol. The maximum absolute atomic E-state index is 11.3. The van der Waals surface area contributed by atoms with E-state index in [0.717, 1.165) is 0 Å². The van der Waals surface area contributed by atoms with E-state index in [1.54, 1.807) is 6.92 Å². The fourth-order valence-corrected chi connectivity index (χ4v) is 1.22. The summed E-state index contributed by atoms with van der Waals surface area (Å²) in [5, 5.41) is 2.84. The van der Waals surface area contributed by atoms with E-state index >= 15 is 0 Å². The predicted octanol–water partition coefficient (Wildman–Crippen LogP) is 0.144. The summed E-state index contributed by atoms with van der Waals surface area (Å²) >= 11 is 0. The van der Waals surface area contributed by atoms with Gasteiger partial charge in [-0.3, -0.25) is 9.59 Å². The molecule has 2 N–H and O–H groups in total. The van der Waals surface area contributed by atoms with Crippen molar-refractivity contribution in [2.45, 2.75) is 13.3 Å². The molecule has 7 nitrogen and oxygen atoms in total. The molecule has 1 aromatic heterocycles. The summed E-state index contributed by atoms with van der Waals surface area (Å²) in [4.78, 5) is 28.7. The molecule has 0 bridgehead atoms. The van der Waals surface area contributed by atoms with Crippen LogP contribution in [0.25, 0.3) is 0 Å². The van der Waals surface area contributed by atoms with Crippen LogP contribution in [-0.4, -0.2) is 36.2 Å². The summed E-state index contributed by atoms with van der Waals surface area (Å²) in [5.74, 6) is 0.0979. The van der Waals surface area contributed by atoms with Gasteiger partial charge in [-0.05, 0) is 6.92 Å². The van der Waals surface area contributed by atoms with Crippen molar-refractivity contribution in [1.29, 1.82) is 0 Å². The average Bonchev–Trinajstić information content (AvgIpc) is 2.29. The van der Waals surface area contributed by atoms with Gasteiger partial charge in [-0.1, -0.05) is 0 Å². The number of anilines is 1. The molecule has 1 rings (SSSR count). The van der Waals surface area contributed by atoms with E-state index < -0.39 is 0 Å². The summed E-state index contributed by atoms with van der Waals surface area (Å²) in [7, 11) is 1.38. The lowest BCUT2D eigenvalue weighted by Gasteiger charge is -2.08. The first-order valence-electron chi connectivity index (χ1n) is 5.20. The molecule has 0 saturated carbocycles. The van der Waals surface area contributed by atoms with Gasteiger partial charge in [0.05, 0.1) is 26.5 Å². The van der Waals surface area contributed by atoms with Crippen molar-refractivity contribution in [3.63, 3.8) is 0 Å². The van der Waals surface area contributed by atoms with Gasteiger partial charge in [0.1, 0.15) is 0 Å². The minimum absolute atomic E-state index is 0.0939. The zero-order valence-electron chi connectivity index (χ0n) is 9.78. The molecule has 0 radical (unpaired) electrons. The van der Waals surface area contributed by atoms with Gasteiger partial charge in [0.25, 0.3) is 5.56 Å². The van der Waals surface area contributed by atoms with Gasteiger partial charge in [-0.2, -0.15) is 0 Å². The van der Waals surface area contributed by atoms with Crippen LogP contribution in [0.1, 0.15) is 13.3 Å². The van der Waals surface area contributed by atoms with Crippen molar-refractivity contribution in [2.24, 2.45) is 0 Å². The summed E-state index contributed by atoms with van der Waals surface area (Å²) in [6.07, 6.45) is 1.46. The normalized spacial score (nSPS) is 9.76. The van der Waals surface area contributed by atoms with Gasteiger partial charge in [0.15, 0.2) is 5.82 Å². The maximum atomic E-state index is 11.3. The third-order valence-corrected chi connectivity index (χ3v) is 1.94. The maximum Gasteiger partial charge on any atom is 0.307 e. The smallest absolute Gasteiger partial charge is 0.307 e. The van der Waals surface area contributed by atoms with E-state index in [1.165, 1.54) is 13.4 Å². The van der Waals surface area contributed by atoms with Crippen molar-refractivity contribution >= 4 is 11.8 Å². The van der Waals surface area contributed by atoms with E-state index in [-0.39, 0.29) is 23.7 Å². The Bertz CT molecular complexity index is 430. The van der Waals surface area contributed by atoms with Crippen molar-refractivity contribution in [2.75, 3.05) is 25.6 Å². The van der Waals surface area contributed by atoms with Crippen LogP contribution in [0.2, 0.25) is 0 Å². The van der Waals surface area contributed by atoms with Gasteiger partial charge < -0.3 is 19.8 Å². The molecule has 0 aromatic carbocycles. The molecular weight excluding hydrogens is 226 g/mol. The third-order valence-electron chi connectivity index (χ3n) is 1.94. The highest BCUT2D eigenvalue weighted by Gasteiger charge is 2.09. The molecule has 94 valence electrons. The van der Waals surface area contributed by atoms with Crippen molar-refractivity contribution in [1.82, 2.24) is 9.97 Å². The minimum atomic E-state index is -0.374. The van der Waals surface area contributed by atoms with Gasteiger partial charge in [-0.15, -0.1) is 0 Å². The number of methoxy groups -OCH3 is 1. The summed E-state index contributed by atoms with van der Waals surface area (Å²) < 4.78 is 9.66. The van der Waals surface area contributed by atoms with Crippen LogP contribution < -0.4 is 15.6 Å². The largest absolute Gasteiger partial charge is 0.489 e. The standard InChI is InChI=1S/C10H15N3O4/c1-3-17-7(14)4-5-11-9-8(16-2)10(15)13-6-12-9/h6H,3-5H2,1-2H3,(H2,11,12,13,15). The summed E-state index contributed by atoms with van der Waals surface area (Å²) in [5.41, 5.74) is -0.374. The molecule has 1 aromatic rings. The summed E-state index contributed by atoms with van der Waals surface area (Å²) in [6.45, 7) is 2.42. The van der Waals surface area contributed by atoms with Gasteiger partial charge in [0, 0.05) is 6.54 Å². The lowest BCUT2D eigenvalue weighted by atomic mass is 10.4. The van der Waals surface area contributed by atoms with E-state index in [0.29, 0.717) is 19.0 Å². The Kier molecular flexibility index (Phi) is 4.99. The molecule has 0 aliphatic heterocycles. The Hall–Kier alpha value is -2.05. The number of carbonyl (C=O) groups excluding carboxylic acids is 1. The zero-order valence-corrected chi connectivity index (χ0v) is 9.78. The van der Waals surface area contributed by atoms with Crippen LogP contribution >= 0.6 is 0 Å². The second kappa shape index (κ2) is 6.51. The molecule has 0 aliphatic carbocycles. The van der Waals surface area contributed by atoms with Crippen molar-refractivity contribution in [3.05, 3.63) is 16.7 Å². The minimum Gasteiger partial charge on any atom is -0.489 e. The van der Waals surface area contributed by atoms with Crippen LogP contribution in [-0.2, 0) is 9.53 Å². The van der Waals surface area contributed by atoms with Crippen molar-refractivity contribution < 1.29 is 14.3 Å². The Labute approximate surface area is 98.2 Å². The highest BCUT2D eigenvalue weighted by molar-refractivity contribution is 5.70. The van der Waals surface area contributed by atoms with Crippen LogP contribution in [0.5, 0.6) is 5.75 Å². The molecule has 1 heterocycles. The first-order chi connectivity index (χ1) is 8.19. The van der Waals surface area contributed by atoms with E-state index in [4.69, 9.17) is 9.47 Å². The molecule has 0 fully saturated rings. The highest BCUT2D eigenvalue weighted by Crippen LogP contribution is 2.13. The number of aromatic amines is 1. The van der Waals surface area contributed by atoms with Crippen LogP contribution in [0.4, 0.5) is 5.82 Å². The molecule has 0 aliphatic rings. The Morgan fingerprint density at radius 3 is 3.00 bits per heavy atom. The lowest BCUT2D eigenvalue weighted by Crippen LogP contribution is -2.16. The van der Waals surface area contributed by atoms with Crippen molar-refractivity contribution in [3.8, 4) is 5.75 Å². The van der Waals surface area contributed by atoms with Gasteiger partial charge in [-0.25, -0.2) is 4.98 Å². The molecule has 17 heavy (non-hydrogen) atoms. The number of carbonyl (C=O) groups is 1. The number of nitrogens with zero attached hydrogens (tertiary/aromatic N) is 1. The number of nitrogens with one attached hydrogen (secondary N) is 2. The van der Waals surface area contributed by atoms with Gasteiger partial charge >= 0.3 is 5.97 Å². The number of hydrogen-bond donors (Lipinski definition) is 2. The van der Waals surface area contributed by atoms with Crippen LogP contribution in [0, 0.1) is 0 Å². The average molecular weight is 241 g/mol. The second-order valence-electron chi connectivity index (χ2n) is 3.10. The molecule has 0 atom stereocenters. The fourth-order valence-electron chi connectivity index (χ4n) is 1.22.